The molecule has 1 fully saturated rings. The van der Waals surface area contributed by atoms with E-state index in [0.29, 0.717) is 36.4 Å². The summed E-state index contributed by atoms with van der Waals surface area (Å²) in [6, 6.07) is 10.0. The van der Waals surface area contributed by atoms with Crippen molar-refractivity contribution in [1.82, 2.24) is 14.6 Å². The van der Waals surface area contributed by atoms with Crippen LogP contribution in [0.25, 0.3) is 16.9 Å². The second-order valence-electron chi connectivity index (χ2n) is 5.41. The van der Waals surface area contributed by atoms with Gasteiger partial charge in [-0.3, -0.25) is 0 Å². The van der Waals surface area contributed by atoms with Crippen molar-refractivity contribution in [3.05, 3.63) is 48.4 Å². The number of benzene rings is 1. The maximum absolute atomic E-state index is 14.0. The highest BCUT2D eigenvalue weighted by Crippen LogP contribution is 2.28. The van der Waals surface area contributed by atoms with Gasteiger partial charge in [-0.25, -0.2) is 13.8 Å². The Morgan fingerprint density at radius 1 is 1.18 bits per heavy atom. The Balaban J connectivity index is 1.89. The average molecular weight is 300 g/mol. The van der Waals surface area contributed by atoms with Crippen LogP contribution in [0.3, 0.4) is 0 Å². The summed E-state index contributed by atoms with van der Waals surface area (Å²) in [5, 5.41) is 4.24. The van der Waals surface area contributed by atoms with Crippen molar-refractivity contribution >= 4 is 11.5 Å². The fourth-order valence-corrected chi connectivity index (χ4v) is 2.85. The first kappa shape index (κ1) is 13.2. The van der Waals surface area contributed by atoms with Crippen LogP contribution in [0.1, 0.15) is 6.42 Å². The summed E-state index contributed by atoms with van der Waals surface area (Å²) < 4.78 is 29.2. The van der Waals surface area contributed by atoms with Crippen molar-refractivity contribution in [2.75, 3.05) is 18.0 Å². The lowest BCUT2D eigenvalue weighted by Gasteiger charge is -2.19. The molecule has 3 heterocycles. The van der Waals surface area contributed by atoms with Crippen molar-refractivity contribution in [2.45, 2.75) is 12.6 Å². The number of aromatic nitrogens is 3. The number of nitrogens with zero attached hydrogens (tertiary/aromatic N) is 4. The van der Waals surface area contributed by atoms with Gasteiger partial charge in [0.25, 0.3) is 0 Å². The lowest BCUT2D eigenvalue weighted by Crippen LogP contribution is -2.23. The first-order valence-corrected chi connectivity index (χ1v) is 7.21. The normalized spacial score (nSPS) is 18.3. The van der Waals surface area contributed by atoms with E-state index in [-0.39, 0.29) is 5.82 Å². The van der Waals surface area contributed by atoms with Crippen LogP contribution in [0, 0.1) is 5.82 Å². The third-order valence-electron chi connectivity index (χ3n) is 3.95. The van der Waals surface area contributed by atoms with Crippen LogP contribution in [0.4, 0.5) is 14.6 Å². The summed E-state index contributed by atoms with van der Waals surface area (Å²) in [6.07, 6.45) is 1.30. The van der Waals surface area contributed by atoms with Gasteiger partial charge < -0.3 is 4.90 Å². The second kappa shape index (κ2) is 5.05. The molecule has 1 saturated heterocycles. The molecule has 0 spiro atoms. The molecule has 0 amide bonds. The Kier molecular flexibility index (Phi) is 3.03. The van der Waals surface area contributed by atoms with Crippen LogP contribution in [0.2, 0.25) is 0 Å². The van der Waals surface area contributed by atoms with Crippen molar-refractivity contribution in [3.8, 4) is 11.3 Å². The van der Waals surface area contributed by atoms with Crippen molar-refractivity contribution in [3.63, 3.8) is 0 Å². The zero-order chi connectivity index (χ0) is 15.1. The van der Waals surface area contributed by atoms with Gasteiger partial charge in [0, 0.05) is 24.2 Å². The minimum Gasteiger partial charge on any atom is -0.353 e. The summed E-state index contributed by atoms with van der Waals surface area (Å²) in [5.74, 6) is 0.419. The van der Waals surface area contributed by atoms with E-state index < -0.39 is 6.17 Å². The lowest BCUT2D eigenvalue weighted by atomic mass is 10.1. The van der Waals surface area contributed by atoms with E-state index in [2.05, 4.69) is 10.1 Å². The van der Waals surface area contributed by atoms with Gasteiger partial charge in [-0.1, -0.05) is 12.1 Å². The molecule has 3 aromatic rings. The molecule has 4 nitrogen and oxygen atoms in total. The predicted molar refractivity (Wildman–Crippen MR) is 80.1 cm³/mol. The highest BCUT2D eigenvalue weighted by Gasteiger charge is 2.25. The van der Waals surface area contributed by atoms with E-state index in [9.17, 15) is 8.78 Å². The van der Waals surface area contributed by atoms with E-state index in [1.807, 2.05) is 4.90 Å². The molecule has 0 unspecified atom stereocenters. The zero-order valence-electron chi connectivity index (χ0n) is 11.8. The van der Waals surface area contributed by atoms with Crippen LogP contribution in [-0.4, -0.2) is 33.9 Å². The fraction of sp³-hybridized carbons (Fsp3) is 0.250. The van der Waals surface area contributed by atoms with Crippen molar-refractivity contribution < 1.29 is 8.78 Å². The molecule has 112 valence electrons. The number of alkyl halides is 1. The third-order valence-corrected chi connectivity index (χ3v) is 3.95. The molecule has 22 heavy (non-hydrogen) atoms. The maximum Gasteiger partial charge on any atom is 0.157 e. The van der Waals surface area contributed by atoms with E-state index in [4.69, 9.17) is 0 Å². The van der Waals surface area contributed by atoms with Gasteiger partial charge in [-0.15, -0.1) is 0 Å². The zero-order valence-corrected chi connectivity index (χ0v) is 11.8. The molecular formula is C16H14F2N4. The van der Waals surface area contributed by atoms with Gasteiger partial charge in [0.15, 0.2) is 5.65 Å². The molecule has 0 aliphatic carbocycles. The molecule has 1 aliphatic heterocycles. The summed E-state index contributed by atoms with van der Waals surface area (Å²) in [5.41, 5.74) is 1.59. The van der Waals surface area contributed by atoms with Crippen molar-refractivity contribution in [2.24, 2.45) is 0 Å². The largest absolute Gasteiger partial charge is 0.353 e. The van der Waals surface area contributed by atoms with Gasteiger partial charge in [-0.2, -0.15) is 9.61 Å². The number of hydrogen-bond acceptors (Lipinski definition) is 3. The second-order valence-corrected chi connectivity index (χ2v) is 5.41. The summed E-state index contributed by atoms with van der Waals surface area (Å²) >= 11 is 0. The van der Waals surface area contributed by atoms with Crippen LogP contribution < -0.4 is 4.90 Å². The topological polar surface area (TPSA) is 33.4 Å². The van der Waals surface area contributed by atoms with Crippen LogP contribution >= 0.6 is 0 Å². The number of anilines is 1. The monoisotopic (exact) mass is 300 g/mol. The molecule has 1 aliphatic rings. The molecule has 0 N–H and O–H groups in total. The van der Waals surface area contributed by atoms with E-state index in [0.717, 1.165) is 5.82 Å². The molecule has 1 aromatic carbocycles. The fourth-order valence-electron chi connectivity index (χ4n) is 2.85. The Morgan fingerprint density at radius 3 is 2.82 bits per heavy atom. The predicted octanol–water partition coefficient (Wildman–Crippen LogP) is 3.08. The molecular weight excluding hydrogens is 286 g/mol. The third kappa shape index (κ3) is 2.11. The highest BCUT2D eigenvalue weighted by atomic mass is 19.1. The molecule has 0 bridgehead atoms. The van der Waals surface area contributed by atoms with Gasteiger partial charge in [0.05, 0.1) is 18.4 Å². The molecule has 1 atom stereocenters. The molecule has 4 rings (SSSR count). The number of rotatable bonds is 2. The van der Waals surface area contributed by atoms with E-state index in [1.54, 1.807) is 41.0 Å². The number of fused-ring (bicyclic) bond motifs is 1. The van der Waals surface area contributed by atoms with Gasteiger partial charge in [0.2, 0.25) is 0 Å². The van der Waals surface area contributed by atoms with E-state index >= 15 is 0 Å². The Morgan fingerprint density at radius 2 is 2.05 bits per heavy atom. The van der Waals surface area contributed by atoms with Gasteiger partial charge in [-0.05, 0) is 18.6 Å². The smallest absolute Gasteiger partial charge is 0.157 e. The number of hydrogen-bond donors (Lipinski definition) is 0. The van der Waals surface area contributed by atoms with Gasteiger partial charge >= 0.3 is 0 Å². The minimum absolute atomic E-state index is 0.324. The first-order chi connectivity index (χ1) is 10.7. The van der Waals surface area contributed by atoms with Gasteiger partial charge in [0.1, 0.15) is 17.8 Å². The van der Waals surface area contributed by atoms with Crippen molar-refractivity contribution in [1.29, 1.82) is 0 Å². The lowest BCUT2D eigenvalue weighted by molar-refractivity contribution is 0.364. The Bertz CT molecular complexity index is 830. The summed E-state index contributed by atoms with van der Waals surface area (Å²) in [7, 11) is 0. The maximum atomic E-state index is 14.0. The first-order valence-electron chi connectivity index (χ1n) is 7.21. The molecule has 0 saturated carbocycles. The van der Waals surface area contributed by atoms with Crippen LogP contribution in [-0.2, 0) is 0 Å². The summed E-state index contributed by atoms with van der Waals surface area (Å²) in [6.45, 7) is 0.951. The Labute approximate surface area is 126 Å². The average Bonchev–Trinajstić information content (AvgIpc) is 3.15. The molecule has 2 aromatic heterocycles. The quantitative estimate of drug-likeness (QED) is 0.729. The minimum atomic E-state index is -0.837. The standard InChI is InChI=1S/C16H14F2N4/c17-11-6-8-21(10-11)16-9-14(12-3-1-2-4-13(12)18)20-15-5-7-19-22(15)16/h1-5,7,9,11H,6,8,10H2/t11-/m0/s1. The van der Waals surface area contributed by atoms with Crippen LogP contribution in [0.5, 0.6) is 0 Å². The molecule has 6 heteroatoms. The molecule has 0 radical (unpaired) electrons. The summed E-state index contributed by atoms with van der Waals surface area (Å²) in [4.78, 5) is 6.38. The highest BCUT2D eigenvalue weighted by molar-refractivity contribution is 5.67. The Hall–Kier alpha value is -2.50. The van der Waals surface area contributed by atoms with Crippen LogP contribution in [0.15, 0.2) is 42.6 Å². The van der Waals surface area contributed by atoms with E-state index in [1.165, 1.54) is 6.07 Å². The number of halogens is 2. The SMILES string of the molecule is Fc1ccccc1-c1cc(N2CC[C@H](F)C2)n2nccc2n1.